The first-order valence-electron chi connectivity index (χ1n) is 8.45. The van der Waals surface area contributed by atoms with Crippen LogP contribution in [0.1, 0.15) is 30.6 Å². The van der Waals surface area contributed by atoms with Gasteiger partial charge in [-0.1, -0.05) is 30.7 Å². The number of fused-ring (bicyclic) bond motifs is 1. The first-order chi connectivity index (χ1) is 12.5. The summed E-state index contributed by atoms with van der Waals surface area (Å²) in [6.07, 6.45) is 0.907. The van der Waals surface area contributed by atoms with E-state index >= 15 is 0 Å². The van der Waals surface area contributed by atoms with Crippen molar-refractivity contribution in [1.29, 1.82) is 0 Å². The van der Waals surface area contributed by atoms with E-state index in [1.807, 2.05) is 24.3 Å². The number of thioether (sulfide) groups is 1. The minimum Gasteiger partial charge on any atom is -0.483 e. The van der Waals surface area contributed by atoms with Crippen LogP contribution in [0, 0.1) is 0 Å². The molecule has 0 saturated heterocycles. The lowest BCUT2D eigenvalue weighted by Gasteiger charge is -2.22. The lowest BCUT2D eigenvalue weighted by atomic mass is 10.1. The third-order valence-electron chi connectivity index (χ3n) is 4.22. The average molecular weight is 390 g/mol. The zero-order valence-electron chi connectivity index (χ0n) is 14.7. The fourth-order valence-electron chi connectivity index (χ4n) is 2.87. The van der Waals surface area contributed by atoms with Crippen LogP contribution < -0.4 is 9.64 Å². The lowest BCUT2D eigenvalue weighted by molar-refractivity contribution is -0.120. The SMILES string of the molecule is CC(=O)c1cc(Cl)ccc1OCC(=O)N1CC[C@@H](C)Sc2ccccc21. The molecule has 0 fully saturated rings. The summed E-state index contributed by atoms with van der Waals surface area (Å²) in [4.78, 5) is 27.5. The molecule has 2 aromatic rings. The van der Waals surface area contributed by atoms with Gasteiger partial charge < -0.3 is 9.64 Å². The maximum Gasteiger partial charge on any atom is 0.264 e. The van der Waals surface area contributed by atoms with Crippen molar-refractivity contribution in [2.45, 2.75) is 30.4 Å². The summed E-state index contributed by atoms with van der Waals surface area (Å²) in [5.41, 5.74) is 1.30. The van der Waals surface area contributed by atoms with Gasteiger partial charge in [-0.15, -0.1) is 11.8 Å². The molecule has 136 valence electrons. The van der Waals surface area contributed by atoms with E-state index in [0.717, 1.165) is 17.0 Å². The fourth-order valence-corrected chi connectivity index (χ4v) is 4.15. The summed E-state index contributed by atoms with van der Waals surface area (Å²) in [6, 6.07) is 12.7. The molecule has 4 nitrogen and oxygen atoms in total. The number of nitrogens with zero attached hydrogens (tertiary/aromatic N) is 1. The normalized spacial score (nSPS) is 16.6. The van der Waals surface area contributed by atoms with Crippen molar-refractivity contribution >= 4 is 40.7 Å². The molecule has 1 amide bonds. The fraction of sp³-hybridized carbons (Fsp3) is 0.300. The van der Waals surface area contributed by atoms with Gasteiger partial charge in [0, 0.05) is 21.7 Å². The summed E-state index contributed by atoms with van der Waals surface area (Å²) in [7, 11) is 0. The van der Waals surface area contributed by atoms with Crippen LogP contribution in [0.3, 0.4) is 0 Å². The zero-order valence-corrected chi connectivity index (χ0v) is 16.3. The largest absolute Gasteiger partial charge is 0.483 e. The van der Waals surface area contributed by atoms with Crippen LogP contribution in [-0.4, -0.2) is 30.1 Å². The van der Waals surface area contributed by atoms with Gasteiger partial charge in [-0.2, -0.15) is 0 Å². The van der Waals surface area contributed by atoms with E-state index in [1.54, 1.807) is 34.9 Å². The molecule has 0 aromatic heterocycles. The highest BCUT2D eigenvalue weighted by molar-refractivity contribution is 8.00. The van der Waals surface area contributed by atoms with E-state index in [2.05, 4.69) is 6.92 Å². The van der Waals surface area contributed by atoms with Gasteiger partial charge in [-0.3, -0.25) is 9.59 Å². The molecule has 1 heterocycles. The van der Waals surface area contributed by atoms with Gasteiger partial charge in [0.25, 0.3) is 5.91 Å². The Bertz CT molecular complexity index is 840. The predicted molar refractivity (Wildman–Crippen MR) is 106 cm³/mol. The molecular weight excluding hydrogens is 370 g/mol. The number of hydrogen-bond acceptors (Lipinski definition) is 4. The zero-order chi connectivity index (χ0) is 18.7. The van der Waals surface area contributed by atoms with Crippen LogP contribution in [0.25, 0.3) is 0 Å². The monoisotopic (exact) mass is 389 g/mol. The van der Waals surface area contributed by atoms with E-state index in [1.165, 1.54) is 6.92 Å². The molecule has 6 heteroatoms. The molecule has 0 radical (unpaired) electrons. The molecule has 0 bridgehead atoms. The Morgan fingerprint density at radius 2 is 2.04 bits per heavy atom. The van der Waals surface area contributed by atoms with Crippen LogP contribution in [0.2, 0.25) is 5.02 Å². The van der Waals surface area contributed by atoms with Gasteiger partial charge in [-0.05, 0) is 43.7 Å². The van der Waals surface area contributed by atoms with Gasteiger partial charge in [0.2, 0.25) is 0 Å². The van der Waals surface area contributed by atoms with E-state index < -0.39 is 0 Å². The molecule has 1 aliphatic rings. The Morgan fingerprint density at radius 3 is 2.81 bits per heavy atom. The quantitative estimate of drug-likeness (QED) is 0.702. The molecule has 1 aliphatic heterocycles. The molecule has 2 aromatic carbocycles. The predicted octanol–water partition coefficient (Wildman–Crippen LogP) is 4.84. The molecule has 0 unspecified atom stereocenters. The lowest BCUT2D eigenvalue weighted by Crippen LogP contribution is -2.36. The number of ketones is 1. The standard InChI is InChI=1S/C20H20ClNO3S/c1-13-9-10-22(17-5-3-4-6-19(17)26-13)20(24)12-25-18-8-7-15(21)11-16(18)14(2)23/h3-8,11,13H,9-10,12H2,1-2H3/t13-/m1/s1. The van der Waals surface area contributed by atoms with Crippen molar-refractivity contribution in [3.8, 4) is 5.75 Å². The number of amides is 1. The molecule has 0 aliphatic carbocycles. The molecule has 0 spiro atoms. The molecule has 1 atom stereocenters. The molecular formula is C20H20ClNO3S. The van der Waals surface area contributed by atoms with Crippen LogP contribution in [-0.2, 0) is 4.79 Å². The van der Waals surface area contributed by atoms with Gasteiger partial charge >= 0.3 is 0 Å². The van der Waals surface area contributed by atoms with Crippen LogP contribution in [0.4, 0.5) is 5.69 Å². The minimum absolute atomic E-state index is 0.128. The average Bonchev–Trinajstić information content (AvgIpc) is 2.78. The van der Waals surface area contributed by atoms with Crippen LogP contribution >= 0.6 is 23.4 Å². The van der Waals surface area contributed by atoms with Crippen molar-refractivity contribution in [2.24, 2.45) is 0 Å². The minimum atomic E-state index is -0.153. The van der Waals surface area contributed by atoms with Gasteiger partial charge in [0.1, 0.15) is 5.75 Å². The summed E-state index contributed by atoms with van der Waals surface area (Å²) in [5, 5.41) is 0.900. The number of ether oxygens (including phenoxy) is 1. The van der Waals surface area contributed by atoms with Gasteiger partial charge in [0.05, 0.1) is 11.3 Å². The van der Waals surface area contributed by atoms with E-state index in [9.17, 15) is 9.59 Å². The first-order valence-corrected chi connectivity index (χ1v) is 9.71. The number of anilines is 1. The highest BCUT2D eigenvalue weighted by Crippen LogP contribution is 2.37. The smallest absolute Gasteiger partial charge is 0.264 e. The van der Waals surface area contributed by atoms with Crippen molar-refractivity contribution in [3.63, 3.8) is 0 Å². The van der Waals surface area contributed by atoms with Gasteiger partial charge in [0.15, 0.2) is 12.4 Å². The number of halogens is 1. The summed E-state index contributed by atoms with van der Waals surface area (Å²) < 4.78 is 5.67. The van der Waals surface area contributed by atoms with Crippen molar-refractivity contribution in [2.75, 3.05) is 18.1 Å². The summed E-state index contributed by atoms with van der Waals surface area (Å²) in [5.74, 6) is 0.0954. The van der Waals surface area contributed by atoms with Crippen molar-refractivity contribution in [1.82, 2.24) is 0 Å². The number of carbonyl (C=O) groups is 2. The second-order valence-corrected chi connectivity index (χ2v) is 8.13. The Kier molecular flexibility index (Phi) is 5.89. The maximum atomic E-state index is 12.8. The first kappa shape index (κ1) is 18.8. The number of carbonyl (C=O) groups excluding carboxylic acids is 2. The second kappa shape index (κ2) is 8.14. The van der Waals surface area contributed by atoms with Crippen LogP contribution in [0.5, 0.6) is 5.75 Å². The Balaban J connectivity index is 1.78. The maximum absolute atomic E-state index is 12.8. The number of rotatable bonds is 4. The third-order valence-corrected chi connectivity index (χ3v) is 5.69. The van der Waals surface area contributed by atoms with E-state index in [0.29, 0.717) is 28.1 Å². The van der Waals surface area contributed by atoms with E-state index in [-0.39, 0.29) is 18.3 Å². The number of benzene rings is 2. The van der Waals surface area contributed by atoms with E-state index in [4.69, 9.17) is 16.3 Å². The number of para-hydroxylation sites is 1. The third kappa shape index (κ3) is 4.22. The van der Waals surface area contributed by atoms with Crippen LogP contribution in [0.15, 0.2) is 47.4 Å². The Hall–Kier alpha value is -1.98. The Morgan fingerprint density at radius 1 is 1.27 bits per heavy atom. The Labute approximate surface area is 162 Å². The highest BCUT2D eigenvalue weighted by atomic mass is 35.5. The molecule has 0 N–H and O–H groups in total. The number of Topliss-reactive ketones (excluding diaryl/α,β-unsaturated/α-hetero) is 1. The van der Waals surface area contributed by atoms with Crippen molar-refractivity contribution in [3.05, 3.63) is 53.1 Å². The second-order valence-electron chi connectivity index (χ2n) is 6.22. The van der Waals surface area contributed by atoms with Crippen molar-refractivity contribution < 1.29 is 14.3 Å². The highest BCUT2D eigenvalue weighted by Gasteiger charge is 2.24. The summed E-state index contributed by atoms with van der Waals surface area (Å²) >= 11 is 7.73. The topological polar surface area (TPSA) is 46.6 Å². The molecule has 26 heavy (non-hydrogen) atoms. The van der Waals surface area contributed by atoms with Gasteiger partial charge in [-0.25, -0.2) is 0 Å². The molecule has 0 saturated carbocycles. The number of hydrogen-bond donors (Lipinski definition) is 0. The summed E-state index contributed by atoms with van der Waals surface area (Å²) in [6.45, 7) is 4.13. The molecule has 3 rings (SSSR count).